The van der Waals surface area contributed by atoms with Crippen LogP contribution < -0.4 is 10.6 Å². The van der Waals surface area contributed by atoms with E-state index in [1.165, 1.54) is 13.8 Å². The number of carbonyl (C=O) groups excluding carboxylic acids is 5. The highest BCUT2D eigenvalue weighted by Crippen LogP contribution is 2.41. The van der Waals surface area contributed by atoms with E-state index in [0.29, 0.717) is 0 Å². The highest BCUT2D eigenvalue weighted by Gasteiger charge is 2.50. The molecule has 0 aromatic heterocycles. The van der Waals surface area contributed by atoms with E-state index in [9.17, 15) is 29.1 Å². The molecule has 0 radical (unpaired) electrons. The summed E-state index contributed by atoms with van der Waals surface area (Å²) in [6, 6.07) is 14.9. The van der Waals surface area contributed by atoms with Crippen molar-refractivity contribution >= 4 is 29.7 Å². The van der Waals surface area contributed by atoms with Crippen LogP contribution in [-0.2, 0) is 38.1 Å². The Hall–Kier alpha value is -4.29. The van der Waals surface area contributed by atoms with Crippen LogP contribution in [0.5, 0.6) is 0 Å². The fourth-order valence-electron chi connectivity index (χ4n) is 5.64. The number of esters is 3. The van der Waals surface area contributed by atoms with Crippen LogP contribution in [-0.4, -0.2) is 72.1 Å². The lowest BCUT2D eigenvalue weighted by atomic mass is 9.76. The van der Waals surface area contributed by atoms with Crippen molar-refractivity contribution in [2.45, 2.75) is 83.1 Å². The molecule has 3 N–H and O–H groups in total. The number of nitrogens with one attached hydrogen (secondary N) is 2. The van der Waals surface area contributed by atoms with Crippen LogP contribution in [0.3, 0.4) is 0 Å². The Kier molecular flexibility index (Phi) is 10.1. The van der Waals surface area contributed by atoms with Gasteiger partial charge in [0.05, 0.1) is 6.04 Å². The zero-order valence-corrected chi connectivity index (χ0v) is 24.4. The molecule has 12 nitrogen and oxygen atoms in total. The highest BCUT2D eigenvalue weighted by molar-refractivity contribution is 5.94. The lowest BCUT2D eigenvalue weighted by Crippen LogP contribution is -2.65. The molecule has 2 amide bonds. The molecule has 1 aliphatic heterocycles. The van der Waals surface area contributed by atoms with E-state index in [1.54, 1.807) is 12.1 Å². The van der Waals surface area contributed by atoms with Gasteiger partial charge in [-0.25, -0.2) is 0 Å². The predicted molar refractivity (Wildman–Crippen MR) is 150 cm³/mol. The lowest BCUT2D eigenvalue weighted by Gasteiger charge is -2.43. The zero-order chi connectivity index (χ0) is 31.3. The van der Waals surface area contributed by atoms with Gasteiger partial charge in [0.15, 0.2) is 18.4 Å². The van der Waals surface area contributed by atoms with E-state index in [2.05, 4.69) is 10.6 Å². The maximum absolute atomic E-state index is 13.3. The van der Waals surface area contributed by atoms with Gasteiger partial charge < -0.3 is 34.7 Å². The number of ether oxygens (including phenoxy) is 4. The number of hydrogen-bond donors (Lipinski definition) is 3. The number of benzene rings is 2. The van der Waals surface area contributed by atoms with Gasteiger partial charge in [0.1, 0.15) is 18.8 Å². The van der Waals surface area contributed by atoms with Gasteiger partial charge in [-0.1, -0.05) is 36.4 Å². The first-order chi connectivity index (χ1) is 20.4. The molecule has 2 aromatic carbocycles. The van der Waals surface area contributed by atoms with E-state index >= 15 is 0 Å². The van der Waals surface area contributed by atoms with E-state index in [4.69, 9.17) is 18.9 Å². The van der Waals surface area contributed by atoms with Gasteiger partial charge in [-0.3, -0.25) is 24.0 Å². The fourth-order valence-corrected chi connectivity index (χ4v) is 5.64. The lowest BCUT2D eigenvalue weighted by molar-refractivity contribution is -0.250. The van der Waals surface area contributed by atoms with Crippen LogP contribution in [0.2, 0.25) is 0 Å². The minimum atomic E-state index is -1.52. The smallest absolute Gasteiger partial charge is 0.303 e. The van der Waals surface area contributed by atoms with Crippen molar-refractivity contribution in [2.75, 3.05) is 6.61 Å². The SMILES string of the molecule is CC(=O)NC1CCC(c2ccc(C(=O)N[C@@H]3OC(COC(C)=O)[C@@H](O)C(OC(C)=O)C3OC(C)=O)cc2)c2ccccc21. The zero-order valence-electron chi connectivity index (χ0n) is 24.4. The minimum absolute atomic E-state index is 0.0605. The van der Waals surface area contributed by atoms with Gasteiger partial charge in [0, 0.05) is 39.2 Å². The summed E-state index contributed by atoms with van der Waals surface area (Å²) in [5.74, 6) is -2.74. The van der Waals surface area contributed by atoms with Gasteiger partial charge >= 0.3 is 17.9 Å². The van der Waals surface area contributed by atoms with Crippen molar-refractivity contribution < 1.29 is 48.0 Å². The molecule has 2 aliphatic rings. The van der Waals surface area contributed by atoms with Crippen molar-refractivity contribution in [1.82, 2.24) is 10.6 Å². The largest absolute Gasteiger partial charge is 0.463 e. The van der Waals surface area contributed by atoms with E-state index in [-0.39, 0.29) is 23.4 Å². The Morgan fingerprint density at radius 3 is 2.05 bits per heavy atom. The molecule has 1 saturated heterocycles. The Bertz CT molecular complexity index is 1360. The average Bonchev–Trinajstić information content (AvgIpc) is 2.95. The molecule has 2 aromatic rings. The Morgan fingerprint density at radius 2 is 1.44 bits per heavy atom. The van der Waals surface area contributed by atoms with E-state index < -0.39 is 61.1 Å². The van der Waals surface area contributed by atoms with Gasteiger partial charge in [-0.2, -0.15) is 0 Å². The molecule has 1 aliphatic carbocycles. The number of fused-ring (bicyclic) bond motifs is 1. The summed E-state index contributed by atoms with van der Waals surface area (Å²) >= 11 is 0. The van der Waals surface area contributed by atoms with Crippen molar-refractivity contribution in [2.24, 2.45) is 0 Å². The van der Waals surface area contributed by atoms with Gasteiger partial charge in [0.25, 0.3) is 5.91 Å². The summed E-state index contributed by atoms with van der Waals surface area (Å²) < 4.78 is 21.3. The molecule has 230 valence electrons. The van der Waals surface area contributed by atoms with Crippen LogP contribution in [0.1, 0.15) is 79.5 Å². The summed E-state index contributed by atoms with van der Waals surface area (Å²) in [5.41, 5.74) is 3.45. The van der Waals surface area contributed by atoms with Crippen LogP contribution in [0, 0.1) is 0 Å². The minimum Gasteiger partial charge on any atom is -0.463 e. The first-order valence-electron chi connectivity index (χ1n) is 14.0. The summed E-state index contributed by atoms with van der Waals surface area (Å²) in [4.78, 5) is 60.1. The maximum atomic E-state index is 13.3. The Balaban J connectivity index is 1.54. The molecule has 0 saturated carbocycles. The second-order valence-electron chi connectivity index (χ2n) is 10.6. The highest BCUT2D eigenvalue weighted by atomic mass is 16.6. The predicted octanol–water partition coefficient (Wildman–Crippen LogP) is 2.03. The van der Waals surface area contributed by atoms with Crippen molar-refractivity contribution in [3.8, 4) is 0 Å². The van der Waals surface area contributed by atoms with E-state index in [0.717, 1.165) is 43.4 Å². The number of aliphatic hydroxyl groups is 1. The summed E-state index contributed by atoms with van der Waals surface area (Å²) in [7, 11) is 0. The number of carbonyl (C=O) groups is 5. The van der Waals surface area contributed by atoms with Crippen molar-refractivity contribution in [3.63, 3.8) is 0 Å². The third-order valence-corrected chi connectivity index (χ3v) is 7.43. The first-order valence-corrected chi connectivity index (χ1v) is 14.0. The van der Waals surface area contributed by atoms with Crippen LogP contribution >= 0.6 is 0 Å². The quantitative estimate of drug-likeness (QED) is 0.303. The molecule has 1 heterocycles. The molecule has 0 spiro atoms. The summed E-state index contributed by atoms with van der Waals surface area (Å²) in [5, 5.41) is 16.5. The van der Waals surface area contributed by atoms with E-state index in [1.807, 2.05) is 36.4 Å². The molecule has 5 unspecified atom stereocenters. The van der Waals surface area contributed by atoms with Gasteiger partial charge in [-0.15, -0.1) is 0 Å². The van der Waals surface area contributed by atoms with Crippen LogP contribution in [0.4, 0.5) is 0 Å². The second kappa shape index (κ2) is 13.8. The molecule has 43 heavy (non-hydrogen) atoms. The molecule has 4 rings (SSSR count). The normalized spacial score (nSPS) is 26.3. The van der Waals surface area contributed by atoms with Gasteiger partial charge in [-0.05, 0) is 41.7 Å². The molecule has 7 atom stereocenters. The standard InChI is InChI=1S/C31H36N2O10/c1-16(34)32-25-14-13-22(23-7-5-6-8-24(23)25)20-9-11-21(12-10-20)30(39)33-31-29(42-19(4)37)28(41-18(3)36)27(38)26(43-31)15-40-17(2)35/h5-12,22,25-29,31,38H,13-15H2,1-4H3,(H,32,34)(H,33,39)/t22?,25?,26?,27-,28?,29?,31-/m1/s1. The maximum Gasteiger partial charge on any atom is 0.303 e. The van der Waals surface area contributed by atoms with Crippen molar-refractivity contribution in [3.05, 3.63) is 70.8 Å². The molecule has 0 bridgehead atoms. The number of hydrogen-bond acceptors (Lipinski definition) is 10. The molecular weight excluding hydrogens is 560 g/mol. The van der Waals surface area contributed by atoms with Crippen molar-refractivity contribution in [1.29, 1.82) is 0 Å². The monoisotopic (exact) mass is 596 g/mol. The number of amides is 2. The number of rotatable bonds is 8. The molecular formula is C31H36N2O10. The summed E-state index contributed by atoms with van der Waals surface area (Å²) in [6.45, 7) is 4.53. The van der Waals surface area contributed by atoms with Crippen LogP contribution in [0.25, 0.3) is 0 Å². The Labute approximate surface area is 249 Å². The fraction of sp³-hybridized carbons (Fsp3) is 0.452. The third-order valence-electron chi connectivity index (χ3n) is 7.43. The molecule has 12 heteroatoms. The average molecular weight is 597 g/mol. The van der Waals surface area contributed by atoms with Crippen LogP contribution in [0.15, 0.2) is 48.5 Å². The molecule has 1 fully saturated rings. The third kappa shape index (κ3) is 7.76. The second-order valence-corrected chi connectivity index (χ2v) is 10.6. The van der Waals surface area contributed by atoms with Gasteiger partial charge in [0.2, 0.25) is 5.91 Å². The topological polar surface area (TPSA) is 167 Å². The number of aliphatic hydroxyl groups excluding tert-OH is 1. The summed E-state index contributed by atoms with van der Waals surface area (Å²) in [6.07, 6.45) is -5.29. The first kappa shape index (κ1) is 31.6. The Morgan fingerprint density at radius 1 is 0.814 bits per heavy atom.